The lowest BCUT2D eigenvalue weighted by atomic mass is 10.1. The van der Waals surface area contributed by atoms with Crippen LogP contribution in [-0.4, -0.2) is 24.1 Å². The summed E-state index contributed by atoms with van der Waals surface area (Å²) >= 11 is 0. The van der Waals surface area contributed by atoms with Gasteiger partial charge in [-0.3, -0.25) is 0 Å². The van der Waals surface area contributed by atoms with Crippen LogP contribution in [-0.2, 0) is 0 Å². The van der Waals surface area contributed by atoms with E-state index in [-0.39, 0.29) is 0 Å². The number of nitrogens with zero attached hydrogens (tertiary/aromatic N) is 3. The molecule has 0 aliphatic heterocycles. The van der Waals surface area contributed by atoms with Crippen molar-refractivity contribution in [3.63, 3.8) is 0 Å². The van der Waals surface area contributed by atoms with Crippen LogP contribution in [0, 0.1) is 6.92 Å². The van der Waals surface area contributed by atoms with Gasteiger partial charge in [0.1, 0.15) is 11.5 Å². The zero-order valence-electron chi connectivity index (χ0n) is 13.6. The van der Waals surface area contributed by atoms with Gasteiger partial charge in [-0.2, -0.15) is 0 Å². The van der Waals surface area contributed by atoms with E-state index in [1.165, 1.54) is 5.56 Å². The number of rotatable bonds is 3. The van der Waals surface area contributed by atoms with Crippen LogP contribution < -0.4 is 10.6 Å². The minimum Gasteiger partial charge on any atom is -0.382 e. The van der Waals surface area contributed by atoms with Gasteiger partial charge in [0.2, 0.25) is 0 Å². The molecule has 23 heavy (non-hydrogen) atoms. The molecule has 0 unspecified atom stereocenters. The summed E-state index contributed by atoms with van der Waals surface area (Å²) in [6, 6.07) is 16.4. The normalized spacial score (nSPS) is 10.6. The fraction of sp³-hybridized carbons (Fsp3) is 0.158. The van der Waals surface area contributed by atoms with Crippen molar-refractivity contribution in [3.8, 4) is 22.5 Å². The Hall–Kier alpha value is -2.88. The molecule has 3 rings (SSSR count). The van der Waals surface area contributed by atoms with E-state index in [0.717, 1.165) is 22.5 Å². The third-order valence-electron chi connectivity index (χ3n) is 3.81. The van der Waals surface area contributed by atoms with Gasteiger partial charge in [0.25, 0.3) is 0 Å². The van der Waals surface area contributed by atoms with Crippen LogP contribution in [0.15, 0.2) is 54.7 Å². The van der Waals surface area contributed by atoms with Gasteiger partial charge in [-0.05, 0) is 19.1 Å². The number of anilines is 2. The van der Waals surface area contributed by atoms with E-state index >= 15 is 0 Å². The topological polar surface area (TPSA) is 55.0 Å². The standard InChI is InChI=1S/C19H20N4/c1-13-4-6-14(7-5-13)17-12-21-19(20)18(22-17)15-8-10-16(11-9-15)23(2)3/h4-12H,1-3H3,(H2,20,21). The summed E-state index contributed by atoms with van der Waals surface area (Å²) in [5, 5.41) is 0. The largest absolute Gasteiger partial charge is 0.382 e. The Morgan fingerprint density at radius 3 is 2.09 bits per heavy atom. The maximum Gasteiger partial charge on any atom is 0.150 e. The SMILES string of the molecule is Cc1ccc(-c2cnc(N)c(-c3ccc(N(C)C)cc3)n2)cc1. The van der Waals surface area contributed by atoms with Crippen molar-refractivity contribution in [2.45, 2.75) is 6.92 Å². The lowest BCUT2D eigenvalue weighted by Gasteiger charge is -2.13. The molecule has 0 radical (unpaired) electrons. The fourth-order valence-corrected chi connectivity index (χ4v) is 2.39. The predicted molar refractivity (Wildman–Crippen MR) is 96.4 cm³/mol. The van der Waals surface area contributed by atoms with Crippen molar-refractivity contribution in [1.82, 2.24) is 9.97 Å². The monoisotopic (exact) mass is 304 g/mol. The van der Waals surface area contributed by atoms with Gasteiger partial charge in [-0.25, -0.2) is 9.97 Å². The second-order valence-corrected chi connectivity index (χ2v) is 5.80. The summed E-state index contributed by atoms with van der Waals surface area (Å²) < 4.78 is 0. The van der Waals surface area contributed by atoms with Crippen LogP contribution in [0.25, 0.3) is 22.5 Å². The number of aryl methyl sites for hydroxylation is 1. The summed E-state index contributed by atoms with van der Waals surface area (Å²) in [7, 11) is 4.03. The molecule has 0 spiro atoms. The van der Waals surface area contributed by atoms with Crippen LogP contribution in [0.5, 0.6) is 0 Å². The van der Waals surface area contributed by atoms with Gasteiger partial charge < -0.3 is 10.6 Å². The van der Waals surface area contributed by atoms with Crippen LogP contribution in [0.2, 0.25) is 0 Å². The van der Waals surface area contributed by atoms with E-state index in [0.29, 0.717) is 11.5 Å². The van der Waals surface area contributed by atoms with E-state index in [1.54, 1.807) is 6.20 Å². The second-order valence-electron chi connectivity index (χ2n) is 5.80. The van der Waals surface area contributed by atoms with Gasteiger partial charge in [0.15, 0.2) is 0 Å². The highest BCUT2D eigenvalue weighted by Crippen LogP contribution is 2.27. The lowest BCUT2D eigenvalue weighted by molar-refractivity contribution is 1.13. The number of hydrogen-bond acceptors (Lipinski definition) is 4. The van der Waals surface area contributed by atoms with Crippen molar-refractivity contribution >= 4 is 11.5 Å². The number of hydrogen-bond donors (Lipinski definition) is 1. The third-order valence-corrected chi connectivity index (χ3v) is 3.81. The average Bonchev–Trinajstić information content (AvgIpc) is 2.56. The van der Waals surface area contributed by atoms with Crippen LogP contribution in [0.3, 0.4) is 0 Å². The first kappa shape index (κ1) is 15.0. The first-order chi connectivity index (χ1) is 11.0. The third kappa shape index (κ3) is 3.16. The molecule has 0 saturated heterocycles. The summed E-state index contributed by atoms with van der Waals surface area (Å²) in [6.45, 7) is 2.07. The smallest absolute Gasteiger partial charge is 0.150 e. The molecule has 0 fully saturated rings. The van der Waals surface area contributed by atoms with Crippen molar-refractivity contribution in [2.24, 2.45) is 0 Å². The molecule has 0 bridgehead atoms. The van der Waals surface area contributed by atoms with Gasteiger partial charge in [-0.15, -0.1) is 0 Å². The predicted octanol–water partition coefficient (Wildman–Crippen LogP) is 3.77. The molecule has 116 valence electrons. The van der Waals surface area contributed by atoms with Gasteiger partial charge >= 0.3 is 0 Å². The molecular weight excluding hydrogens is 284 g/mol. The number of benzene rings is 2. The van der Waals surface area contributed by atoms with E-state index in [4.69, 9.17) is 10.7 Å². The Bertz CT molecular complexity index is 806. The minimum atomic E-state index is 0.443. The first-order valence-electron chi connectivity index (χ1n) is 7.52. The number of nitrogen functional groups attached to an aromatic ring is 1. The fourth-order valence-electron chi connectivity index (χ4n) is 2.39. The van der Waals surface area contributed by atoms with Crippen molar-refractivity contribution < 1.29 is 0 Å². The Morgan fingerprint density at radius 2 is 1.48 bits per heavy atom. The summed E-state index contributed by atoms with van der Waals surface area (Å²) in [5.41, 5.74) is 11.9. The van der Waals surface area contributed by atoms with Crippen molar-refractivity contribution in [1.29, 1.82) is 0 Å². The molecule has 3 aromatic rings. The van der Waals surface area contributed by atoms with E-state index in [2.05, 4.69) is 53.2 Å². The molecule has 0 aliphatic carbocycles. The Balaban J connectivity index is 2.02. The van der Waals surface area contributed by atoms with E-state index in [9.17, 15) is 0 Å². The molecule has 2 aromatic carbocycles. The number of nitrogens with two attached hydrogens (primary N) is 1. The maximum absolute atomic E-state index is 6.04. The molecule has 0 aliphatic rings. The molecule has 0 atom stereocenters. The van der Waals surface area contributed by atoms with E-state index in [1.807, 2.05) is 26.2 Å². The maximum atomic E-state index is 6.04. The Morgan fingerprint density at radius 1 is 0.870 bits per heavy atom. The molecule has 4 nitrogen and oxygen atoms in total. The summed E-state index contributed by atoms with van der Waals surface area (Å²) in [4.78, 5) is 11.1. The van der Waals surface area contributed by atoms with Gasteiger partial charge in [-0.1, -0.05) is 42.0 Å². The lowest BCUT2D eigenvalue weighted by Crippen LogP contribution is -2.08. The molecular formula is C19H20N4. The molecule has 0 amide bonds. The van der Waals surface area contributed by atoms with Crippen LogP contribution in [0.1, 0.15) is 5.56 Å². The average molecular weight is 304 g/mol. The molecule has 4 heteroatoms. The Kier molecular flexibility index (Phi) is 3.98. The van der Waals surface area contributed by atoms with Crippen LogP contribution in [0.4, 0.5) is 11.5 Å². The number of aromatic nitrogens is 2. The highest BCUT2D eigenvalue weighted by Gasteiger charge is 2.09. The van der Waals surface area contributed by atoms with E-state index < -0.39 is 0 Å². The highest BCUT2D eigenvalue weighted by atomic mass is 15.1. The van der Waals surface area contributed by atoms with Crippen molar-refractivity contribution in [2.75, 3.05) is 24.7 Å². The second kappa shape index (κ2) is 6.08. The quantitative estimate of drug-likeness (QED) is 0.800. The minimum absolute atomic E-state index is 0.443. The highest BCUT2D eigenvalue weighted by molar-refractivity contribution is 5.74. The zero-order chi connectivity index (χ0) is 16.4. The summed E-state index contributed by atoms with van der Waals surface area (Å²) in [5.74, 6) is 0.443. The molecule has 0 saturated carbocycles. The van der Waals surface area contributed by atoms with Crippen molar-refractivity contribution in [3.05, 3.63) is 60.3 Å². The summed E-state index contributed by atoms with van der Waals surface area (Å²) in [6.07, 6.45) is 1.72. The Labute approximate surface area is 136 Å². The molecule has 1 aromatic heterocycles. The van der Waals surface area contributed by atoms with Gasteiger partial charge in [0, 0.05) is 30.9 Å². The molecule has 2 N–H and O–H groups in total. The van der Waals surface area contributed by atoms with Gasteiger partial charge in [0.05, 0.1) is 11.9 Å². The zero-order valence-corrected chi connectivity index (χ0v) is 13.6. The first-order valence-corrected chi connectivity index (χ1v) is 7.52. The molecule has 1 heterocycles. The van der Waals surface area contributed by atoms with Crippen LogP contribution >= 0.6 is 0 Å².